The number of rotatable bonds is 2. The van der Waals surface area contributed by atoms with Crippen molar-refractivity contribution in [2.45, 2.75) is 33.3 Å². The molecule has 0 bridgehead atoms. The molecule has 0 saturated heterocycles. The lowest BCUT2D eigenvalue weighted by Gasteiger charge is -2.19. The third kappa shape index (κ3) is 2.99. The Kier molecular flexibility index (Phi) is 3.81. The fraction of sp³-hybridized carbons (Fsp3) is 0.333. The van der Waals surface area contributed by atoms with E-state index in [-0.39, 0.29) is 5.97 Å². The average molecular weight is 290 g/mol. The van der Waals surface area contributed by atoms with Gasteiger partial charge in [-0.2, -0.15) is 0 Å². The van der Waals surface area contributed by atoms with Crippen molar-refractivity contribution in [1.29, 1.82) is 0 Å². The number of ether oxygens (including phenoxy) is 1. The minimum Gasteiger partial charge on any atom is -0.456 e. The molecule has 0 aliphatic rings. The molecule has 0 unspecified atom stereocenters. The maximum atomic E-state index is 12.2. The SMILES string of the molecule is Cc1c(-c2ccncc2)sc(C(=O)OC(C)(C)C)c1N. The van der Waals surface area contributed by atoms with Crippen molar-refractivity contribution in [2.75, 3.05) is 5.73 Å². The fourth-order valence-corrected chi connectivity index (χ4v) is 2.89. The summed E-state index contributed by atoms with van der Waals surface area (Å²) >= 11 is 1.36. The first-order valence-corrected chi connectivity index (χ1v) is 7.14. The van der Waals surface area contributed by atoms with Gasteiger partial charge in [0.15, 0.2) is 0 Å². The molecule has 0 atom stereocenters. The molecule has 0 aliphatic heterocycles. The molecule has 2 heterocycles. The molecule has 0 spiro atoms. The van der Waals surface area contributed by atoms with Gasteiger partial charge in [-0.05, 0) is 51.0 Å². The highest BCUT2D eigenvalue weighted by Gasteiger charge is 2.24. The monoisotopic (exact) mass is 290 g/mol. The molecule has 0 amide bonds. The van der Waals surface area contributed by atoms with Crippen molar-refractivity contribution in [2.24, 2.45) is 0 Å². The molecule has 20 heavy (non-hydrogen) atoms. The van der Waals surface area contributed by atoms with E-state index in [2.05, 4.69) is 4.98 Å². The summed E-state index contributed by atoms with van der Waals surface area (Å²) in [6.45, 7) is 7.43. The molecule has 0 fully saturated rings. The van der Waals surface area contributed by atoms with Crippen LogP contribution >= 0.6 is 11.3 Å². The predicted molar refractivity (Wildman–Crippen MR) is 81.9 cm³/mol. The summed E-state index contributed by atoms with van der Waals surface area (Å²) in [4.78, 5) is 17.6. The molecule has 2 rings (SSSR count). The van der Waals surface area contributed by atoms with Crippen molar-refractivity contribution >= 4 is 23.0 Å². The van der Waals surface area contributed by atoms with Crippen LogP contribution in [0.25, 0.3) is 10.4 Å². The molecule has 0 saturated carbocycles. The molecule has 4 nitrogen and oxygen atoms in total. The number of hydrogen-bond donors (Lipinski definition) is 1. The first kappa shape index (κ1) is 14.5. The zero-order valence-electron chi connectivity index (χ0n) is 12.1. The average Bonchev–Trinajstić information content (AvgIpc) is 2.66. The van der Waals surface area contributed by atoms with Gasteiger partial charge in [0.25, 0.3) is 0 Å². The van der Waals surface area contributed by atoms with Crippen LogP contribution in [0.1, 0.15) is 36.0 Å². The number of pyridine rings is 1. The van der Waals surface area contributed by atoms with E-state index < -0.39 is 5.60 Å². The summed E-state index contributed by atoms with van der Waals surface area (Å²) < 4.78 is 5.39. The second-order valence-electron chi connectivity index (χ2n) is 5.54. The van der Waals surface area contributed by atoms with Crippen LogP contribution in [0.15, 0.2) is 24.5 Å². The molecule has 2 aromatic heterocycles. The summed E-state index contributed by atoms with van der Waals surface area (Å²) in [5.41, 5.74) is 7.93. The summed E-state index contributed by atoms with van der Waals surface area (Å²) in [6.07, 6.45) is 3.44. The lowest BCUT2D eigenvalue weighted by atomic mass is 10.1. The van der Waals surface area contributed by atoms with E-state index in [1.54, 1.807) is 12.4 Å². The highest BCUT2D eigenvalue weighted by molar-refractivity contribution is 7.18. The first-order chi connectivity index (χ1) is 9.29. The van der Waals surface area contributed by atoms with Crippen molar-refractivity contribution in [3.05, 3.63) is 35.0 Å². The number of anilines is 1. The van der Waals surface area contributed by atoms with Gasteiger partial charge in [-0.15, -0.1) is 11.3 Å². The maximum Gasteiger partial charge on any atom is 0.351 e. The van der Waals surface area contributed by atoms with Crippen molar-refractivity contribution in [1.82, 2.24) is 4.98 Å². The Bertz CT molecular complexity index is 627. The molecule has 2 N–H and O–H groups in total. The van der Waals surface area contributed by atoms with Crippen LogP contribution in [0.4, 0.5) is 5.69 Å². The molecule has 2 aromatic rings. The predicted octanol–water partition coefficient (Wildman–Crippen LogP) is 3.66. The van der Waals surface area contributed by atoms with Crippen LogP contribution in [0.2, 0.25) is 0 Å². The zero-order valence-corrected chi connectivity index (χ0v) is 12.9. The Hall–Kier alpha value is -1.88. The van der Waals surface area contributed by atoms with Crippen LogP contribution < -0.4 is 5.73 Å². The minimum atomic E-state index is -0.530. The number of aromatic nitrogens is 1. The normalized spacial score (nSPS) is 11.4. The molecule has 0 radical (unpaired) electrons. The Morgan fingerprint density at radius 3 is 2.45 bits per heavy atom. The van der Waals surface area contributed by atoms with Gasteiger partial charge in [0.2, 0.25) is 0 Å². The van der Waals surface area contributed by atoms with Gasteiger partial charge < -0.3 is 10.5 Å². The van der Waals surface area contributed by atoms with Crippen molar-refractivity contribution in [3.8, 4) is 10.4 Å². The summed E-state index contributed by atoms with van der Waals surface area (Å²) in [5, 5.41) is 0. The number of carbonyl (C=O) groups excluding carboxylic acids is 1. The van der Waals surface area contributed by atoms with Gasteiger partial charge in [0.05, 0.1) is 5.69 Å². The van der Waals surface area contributed by atoms with Crippen LogP contribution in [0.3, 0.4) is 0 Å². The molecule has 0 aliphatic carbocycles. The van der Waals surface area contributed by atoms with E-state index in [1.165, 1.54) is 11.3 Å². The Morgan fingerprint density at radius 1 is 1.30 bits per heavy atom. The number of nitrogens with zero attached hydrogens (tertiary/aromatic N) is 1. The smallest absolute Gasteiger partial charge is 0.351 e. The minimum absolute atomic E-state index is 0.372. The molecule has 106 valence electrons. The number of nitrogen functional groups attached to an aromatic ring is 1. The molecule has 5 heteroatoms. The Balaban J connectivity index is 2.41. The number of carbonyl (C=O) groups is 1. The molecular formula is C15H18N2O2S. The number of thiophene rings is 1. The van der Waals surface area contributed by atoms with Crippen LogP contribution in [0, 0.1) is 6.92 Å². The van der Waals surface area contributed by atoms with Gasteiger partial charge in [0, 0.05) is 17.3 Å². The van der Waals surface area contributed by atoms with E-state index in [0.717, 1.165) is 16.0 Å². The first-order valence-electron chi connectivity index (χ1n) is 6.32. The van der Waals surface area contributed by atoms with Crippen LogP contribution in [-0.4, -0.2) is 16.6 Å². The quantitative estimate of drug-likeness (QED) is 0.857. The third-order valence-corrected chi connectivity index (χ3v) is 4.06. The summed E-state index contributed by atoms with van der Waals surface area (Å²) in [6, 6.07) is 3.80. The number of esters is 1. The summed E-state index contributed by atoms with van der Waals surface area (Å²) in [7, 11) is 0. The van der Waals surface area contributed by atoms with E-state index in [0.29, 0.717) is 10.6 Å². The van der Waals surface area contributed by atoms with E-state index >= 15 is 0 Å². The highest BCUT2D eigenvalue weighted by Crippen LogP contribution is 2.38. The van der Waals surface area contributed by atoms with Gasteiger partial charge >= 0.3 is 5.97 Å². The van der Waals surface area contributed by atoms with Crippen LogP contribution in [-0.2, 0) is 4.74 Å². The molecule has 0 aromatic carbocycles. The van der Waals surface area contributed by atoms with Gasteiger partial charge in [0.1, 0.15) is 10.5 Å². The van der Waals surface area contributed by atoms with E-state index in [9.17, 15) is 4.79 Å². The van der Waals surface area contributed by atoms with Crippen LogP contribution in [0.5, 0.6) is 0 Å². The largest absolute Gasteiger partial charge is 0.456 e. The van der Waals surface area contributed by atoms with E-state index in [4.69, 9.17) is 10.5 Å². The second-order valence-corrected chi connectivity index (χ2v) is 6.56. The Morgan fingerprint density at radius 2 is 1.90 bits per heavy atom. The van der Waals surface area contributed by atoms with E-state index in [1.807, 2.05) is 39.8 Å². The van der Waals surface area contributed by atoms with Crippen molar-refractivity contribution < 1.29 is 9.53 Å². The number of hydrogen-bond acceptors (Lipinski definition) is 5. The topological polar surface area (TPSA) is 65.2 Å². The highest BCUT2D eigenvalue weighted by atomic mass is 32.1. The van der Waals surface area contributed by atoms with Gasteiger partial charge in [-0.3, -0.25) is 4.98 Å². The lowest BCUT2D eigenvalue weighted by molar-refractivity contribution is 0.00763. The number of nitrogens with two attached hydrogens (primary N) is 1. The standard InChI is InChI=1S/C15H18N2O2S/c1-9-11(16)13(14(18)19-15(2,3)4)20-12(9)10-5-7-17-8-6-10/h5-8H,16H2,1-4H3. The lowest BCUT2D eigenvalue weighted by Crippen LogP contribution is -2.23. The fourth-order valence-electron chi connectivity index (χ4n) is 1.78. The zero-order chi connectivity index (χ0) is 14.9. The second kappa shape index (κ2) is 5.25. The summed E-state index contributed by atoms with van der Waals surface area (Å²) in [5.74, 6) is -0.372. The van der Waals surface area contributed by atoms with Gasteiger partial charge in [-0.25, -0.2) is 4.79 Å². The third-order valence-electron chi connectivity index (χ3n) is 2.72. The van der Waals surface area contributed by atoms with Gasteiger partial charge in [-0.1, -0.05) is 0 Å². The van der Waals surface area contributed by atoms with Crippen molar-refractivity contribution in [3.63, 3.8) is 0 Å². The Labute approximate surface area is 122 Å². The molecular weight excluding hydrogens is 272 g/mol. The maximum absolute atomic E-state index is 12.2.